The normalized spacial score (nSPS) is 16.4. The molecule has 1 saturated heterocycles. The van der Waals surface area contributed by atoms with Crippen LogP contribution in [0.15, 0.2) is 30.7 Å². The van der Waals surface area contributed by atoms with Gasteiger partial charge in [0, 0.05) is 81.7 Å². The van der Waals surface area contributed by atoms with Crippen molar-refractivity contribution in [2.75, 3.05) is 31.2 Å². The molecule has 2 aliphatic rings. The van der Waals surface area contributed by atoms with Crippen LogP contribution in [0.5, 0.6) is 0 Å². The van der Waals surface area contributed by atoms with Gasteiger partial charge < -0.3 is 15.0 Å². The Morgan fingerprint density at radius 1 is 1.18 bits per heavy atom. The maximum Gasteiger partial charge on any atom is 0.252 e. The second-order valence-corrected chi connectivity index (χ2v) is 9.43. The highest BCUT2D eigenvalue weighted by molar-refractivity contribution is 5.94. The summed E-state index contributed by atoms with van der Waals surface area (Å²) in [5, 5.41) is 7.54. The lowest BCUT2D eigenvalue weighted by molar-refractivity contribution is 0.0642. The van der Waals surface area contributed by atoms with Gasteiger partial charge in [0.15, 0.2) is 0 Å². The van der Waals surface area contributed by atoms with Gasteiger partial charge in [-0.3, -0.25) is 14.5 Å². The Bertz CT molecular complexity index is 1200. The molecule has 3 aromatic heterocycles. The number of rotatable bonds is 5. The average molecular weight is 461 g/mol. The Kier molecular flexibility index (Phi) is 6.32. The molecule has 2 aliphatic heterocycles. The van der Waals surface area contributed by atoms with E-state index >= 15 is 0 Å². The molecule has 5 rings (SSSR count). The highest BCUT2D eigenvalue weighted by Crippen LogP contribution is 2.29. The molecule has 0 atom stereocenters. The monoisotopic (exact) mass is 460 g/mol. The van der Waals surface area contributed by atoms with Crippen molar-refractivity contribution >= 4 is 11.7 Å². The first-order chi connectivity index (χ1) is 16.5. The summed E-state index contributed by atoms with van der Waals surface area (Å²) in [5.41, 5.74) is 7.18. The molecule has 34 heavy (non-hydrogen) atoms. The van der Waals surface area contributed by atoms with E-state index in [4.69, 9.17) is 14.7 Å². The van der Waals surface area contributed by atoms with Crippen molar-refractivity contribution in [2.45, 2.75) is 39.7 Å². The number of pyridine rings is 2. The standard InChI is InChI=1S/C26H32N6O2/c1-17-10-21(26(33)29-12-19-5-8-34-9-6-19)14-28-25(17)32-7-4-24-22(15-32)11-20(13-27-24)23-16-31(3)30-18(23)2/h10-11,13-14,16,19H,4-9,12,15H2,1-3H3,(H,29,33). The van der Waals surface area contributed by atoms with Crippen LogP contribution < -0.4 is 10.2 Å². The van der Waals surface area contributed by atoms with Gasteiger partial charge in [-0.1, -0.05) is 0 Å². The summed E-state index contributed by atoms with van der Waals surface area (Å²) in [6, 6.07) is 4.18. The van der Waals surface area contributed by atoms with Crippen molar-refractivity contribution in [2.24, 2.45) is 13.0 Å². The molecular formula is C26H32N6O2. The molecule has 0 saturated carbocycles. The molecule has 0 spiro atoms. The summed E-state index contributed by atoms with van der Waals surface area (Å²) in [7, 11) is 1.94. The summed E-state index contributed by atoms with van der Waals surface area (Å²) in [4.78, 5) is 24.4. The topological polar surface area (TPSA) is 85.2 Å². The number of amides is 1. The summed E-state index contributed by atoms with van der Waals surface area (Å²) in [5.74, 6) is 1.36. The summed E-state index contributed by atoms with van der Waals surface area (Å²) >= 11 is 0. The minimum Gasteiger partial charge on any atom is -0.381 e. The molecule has 1 fully saturated rings. The Labute approximate surface area is 200 Å². The lowest BCUT2D eigenvalue weighted by atomic mass is 10.00. The molecule has 0 unspecified atom stereocenters. The van der Waals surface area contributed by atoms with E-state index in [0.717, 1.165) is 79.5 Å². The fourth-order valence-electron chi connectivity index (χ4n) is 4.95. The quantitative estimate of drug-likeness (QED) is 0.629. The molecule has 1 amide bonds. The minimum absolute atomic E-state index is 0.0571. The van der Waals surface area contributed by atoms with E-state index in [1.165, 1.54) is 5.56 Å². The van der Waals surface area contributed by atoms with E-state index in [1.54, 1.807) is 6.20 Å². The highest BCUT2D eigenvalue weighted by atomic mass is 16.5. The average Bonchev–Trinajstić information content (AvgIpc) is 3.20. The summed E-state index contributed by atoms with van der Waals surface area (Å²) < 4.78 is 7.24. The Morgan fingerprint density at radius 2 is 2.00 bits per heavy atom. The lowest BCUT2D eigenvalue weighted by Crippen LogP contribution is -2.33. The number of aryl methyl sites for hydroxylation is 3. The molecular weight excluding hydrogens is 428 g/mol. The van der Waals surface area contributed by atoms with E-state index in [9.17, 15) is 4.79 Å². The predicted octanol–water partition coefficient (Wildman–Crippen LogP) is 3.21. The van der Waals surface area contributed by atoms with Gasteiger partial charge in [0.05, 0.1) is 11.3 Å². The molecule has 8 heteroatoms. The van der Waals surface area contributed by atoms with Gasteiger partial charge in [-0.05, 0) is 55.9 Å². The van der Waals surface area contributed by atoms with Crippen LogP contribution in [0.25, 0.3) is 11.1 Å². The molecule has 0 bridgehead atoms. The third-order valence-electron chi connectivity index (χ3n) is 6.87. The number of hydrogen-bond donors (Lipinski definition) is 1. The van der Waals surface area contributed by atoms with Crippen molar-refractivity contribution in [3.8, 4) is 11.1 Å². The minimum atomic E-state index is -0.0571. The number of fused-ring (bicyclic) bond motifs is 1. The maximum atomic E-state index is 12.7. The van der Waals surface area contributed by atoms with Crippen molar-refractivity contribution in [1.82, 2.24) is 25.1 Å². The Morgan fingerprint density at radius 3 is 2.74 bits per heavy atom. The van der Waals surface area contributed by atoms with Gasteiger partial charge in [0.1, 0.15) is 5.82 Å². The number of ether oxygens (including phenoxy) is 1. The molecule has 1 N–H and O–H groups in total. The Hall–Kier alpha value is -3.26. The molecule has 0 aromatic carbocycles. The number of nitrogens with one attached hydrogen (secondary N) is 1. The van der Waals surface area contributed by atoms with E-state index in [-0.39, 0.29) is 5.91 Å². The SMILES string of the molecule is Cc1cc(C(=O)NCC2CCOCC2)cnc1N1CCc2ncc(-c3cn(C)nc3C)cc2C1. The zero-order chi connectivity index (χ0) is 23.7. The molecule has 3 aromatic rings. The van der Waals surface area contributed by atoms with Gasteiger partial charge in [0.2, 0.25) is 0 Å². The molecule has 0 aliphatic carbocycles. The summed E-state index contributed by atoms with van der Waals surface area (Å²) in [6.45, 7) is 7.92. The fraction of sp³-hybridized carbons (Fsp3) is 0.462. The number of carbonyl (C=O) groups excluding carboxylic acids is 1. The number of hydrogen-bond acceptors (Lipinski definition) is 6. The van der Waals surface area contributed by atoms with E-state index in [1.807, 2.05) is 44.0 Å². The van der Waals surface area contributed by atoms with Gasteiger partial charge in [-0.2, -0.15) is 5.10 Å². The number of anilines is 1. The van der Waals surface area contributed by atoms with Gasteiger partial charge in [0.25, 0.3) is 5.91 Å². The summed E-state index contributed by atoms with van der Waals surface area (Å²) in [6.07, 6.45) is 8.57. The van der Waals surface area contributed by atoms with Crippen molar-refractivity contribution in [3.63, 3.8) is 0 Å². The first-order valence-corrected chi connectivity index (χ1v) is 12.0. The second-order valence-electron chi connectivity index (χ2n) is 9.43. The molecule has 5 heterocycles. The van der Waals surface area contributed by atoms with E-state index < -0.39 is 0 Å². The molecule has 178 valence electrons. The number of nitrogens with zero attached hydrogens (tertiary/aromatic N) is 5. The zero-order valence-corrected chi connectivity index (χ0v) is 20.2. The predicted molar refractivity (Wildman–Crippen MR) is 131 cm³/mol. The van der Waals surface area contributed by atoms with Crippen LogP contribution in [-0.4, -0.2) is 52.0 Å². The van der Waals surface area contributed by atoms with Crippen LogP contribution in [0.1, 0.15) is 45.7 Å². The third-order valence-corrected chi connectivity index (χ3v) is 6.87. The van der Waals surface area contributed by atoms with Crippen LogP contribution in [0.2, 0.25) is 0 Å². The first-order valence-electron chi connectivity index (χ1n) is 12.0. The number of aromatic nitrogens is 4. The van der Waals surface area contributed by atoms with E-state index in [2.05, 4.69) is 21.4 Å². The van der Waals surface area contributed by atoms with Crippen LogP contribution in [0, 0.1) is 19.8 Å². The molecule has 8 nitrogen and oxygen atoms in total. The van der Waals surface area contributed by atoms with Crippen molar-refractivity contribution in [3.05, 3.63) is 58.8 Å². The smallest absolute Gasteiger partial charge is 0.252 e. The number of carbonyl (C=O) groups is 1. The van der Waals surface area contributed by atoms with Crippen molar-refractivity contribution in [1.29, 1.82) is 0 Å². The van der Waals surface area contributed by atoms with Crippen LogP contribution >= 0.6 is 0 Å². The third kappa shape index (κ3) is 4.68. The zero-order valence-electron chi connectivity index (χ0n) is 20.2. The Balaban J connectivity index is 1.29. The molecule has 0 radical (unpaired) electrons. The van der Waals surface area contributed by atoms with Crippen LogP contribution in [0.3, 0.4) is 0 Å². The van der Waals surface area contributed by atoms with Crippen molar-refractivity contribution < 1.29 is 9.53 Å². The first kappa shape index (κ1) is 22.5. The van der Waals surface area contributed by atoms with Gasteiger partial charge in [-0.25, -0.2) is 4.98 Å². The van der Waals surface area contributed by atoms with Gasteiger partial charge in [-0.15, -0.1) is 0 Å². The van der Waals surface area contributed by atoms with Crippen LogP contribution in [0.4, 0.5) is 5.82 Å². The maximum absolute atomic E-state index is 12.7. The van der Waals surface area contributed by atoms with E-state index in [0.29, 0.717) is 18.0 Å². The highest BCUT2D eigenvalue weighted by Gasteiger charge is 2.22. The lowest BCUT2D eigenvalue weighted by Gasteiger charge is -2.30. The largest absolute Gasteiger partial charge is 0.381 e. The van der Waals surface area contributed by atoms with Gasteiger partial charge >= 0.3 is 0 Å². The second kappa shape index (κ2) is 9.54. The fourth-order valence-corrected chi connectivity index (χ4v) is 4.95. The van der Waals surface area contributed by atoms with Crippen LogP contribution in [-0.2, 0) is 24.8 Å².